The van der Waals surface area contributed by atoms with Gasteiger partial charge in [-0.3, -0.25) is 0 Å². The summed E-state index contributed by atoms with van der Waals surface area (Å²) >= 11 is 0. The Kier molecular flexibility index (Phi) is 11.4. The van der Waals surface area contributed by atoms with Gasteiger partial charge in [-0.1, -0.05) is 96.9 Å². The van der Waals surface area contributed by atoms with Gasteiger partial charge in [-0.2, -0.15) is 0 Å². The molecule has 0 aromatic heterocycles. The summed E-state index contributed by atoms with van der Waals surface area (Å²) in [5.74, 6) is 0.846. The van der Waals surface area contributed by atoms with Gasteiger partial charge in [0.05, 0.1) is 0 Å². The maximum absolute atomic E-state index is 12.1. The molecule has 0 spiro atoms. The fourth-order valence-corrected chi connectivity index (χ4v) is 8.11. The molecule has 4 N–H and O–H groups in total. The third kappa shape index (κ3) is 7.36. The standard InChI is InChI=1S/C38H58O4/c1-27(2)34(31-24-29(16-14-22-40)26-33(36(31)42)38(4)19-11-7-12-20-38)30-23-28(15-8-5-13-21-39)25-32(35(30)41)37(3)17-9-6-10-18-37/h23-27,34,39-42H,5-22H2,1-4H3. The lowest BCUT2D eigenvalue weighted by Crippen LogP contribution is -2.27. The van der Waals surface area contributed by atoms with Gasteiger partial charge >= 0.3 is 0 Å². The van der Waals surface area contributed by atoms with Gasteiger partial charge in [-0.05, 0) is 85.7 Å². The van der Waals surface area contributed by atoms with Crippen molar-refractivity contribution in [3.63, 3.8) is 0 Å². The summed E-state index contributed by atoms with van der Waals surface area (Å²) in [7, 11) is 0. The van der Waals surface area contributed by atoms with E-state index in [0.29, 0.717) is 17.9 Å². The van der Waals surface area contributed by atoms with Crippen LogP contribution in [-0.2, 0) is 23.7 Å². The largest absolute Gasteiger partial charge is 0.507 e. The summed E-state index contributed by atoms with van der Waals surface area (Å²) in [4.78, 5) is 0. The first-order valence-corrected chi connectivity index (χ1v) is 17.1. The number of aliphatic hydroxyl groups is 2. The van der Waals surface area contributed by atoms with Crippen LogP contribution >= 0.6 is 0 Å². The lowest BCUT2D eigenvalue weighted by molar-refractivity contribution is 0.283. The van der Waals surface area contributed by atoms with Crippen molar-refractivity contribution in [2.45, 2.75) is 147 Å². The van der Waals surface area contributed by atoms with Crippen LogP contribution in [0.3, 0.4) is 0 Å². The van der Waals surface area contributed by atoms with Crippen molar-refractivity contribution >= 4 is 0 Å². The van der Waals surface area contributed by atoms with Gasteiger partial charge < -0.3 is 20.4 Å². The third-order valence-corrected chi connectivity index (χ3v) is 10.7. The van der Waals surface area contributed by atoms with Crippen LogP contribution < -0.4 is 0 Å². The van der Waals surface area contributed by atoms with Gasteiger partial charge in [0.15, 0.2) is 0 Å². The Morgan fingerprint density at radius 1 is 0.595 bits per heavy atom. The number of rotatable bonds is 13. The minimum Gasteiger partial charge on any atom is -0.507 e. The first kappa shape index (κ1) is 32.9. The van der Waals surface area contributed by atoms with E-state index in [1.807, 2.05) is 0 Å². The Balaban J connectivity index is 1.89. The summed E-state index contributed by atoms with van der Waals surface area (Å²) < 4.78 is 0. The number of phenolic OH excluding ortho intramolecular Hbond substituents is 2. The highest BCUT2D eigenvalue weighted by atomic mass is 16.3. The molecule has 4 rings (SSSR count). The number of aliphatic hydroxyl groups excluding tert-OH is 2. The molecular formula is C38H58O4. The molecule has 0 saturated heterocycles. The van der Waals surface area contributed by atoms with Crippen molar-refractivity contribution in [2.24, 2.45) is 5.92 Å². The van der Waals surface area contributed by atoms with Crippen molar-refractivity contribution in [1.29, 1.82) is 0 Å². The summed E-state index contributed by atoms with van der Waals surface area (Å²) in [6.45, 7) is 9.45. The van der Waals surface area contributed by atoms with Crippen molar-refractivity contribution in [2.75, 3.05) is 13.2 Å². The molecule has 1 atom stereocenters. The molecule has 42 heavy (non-hydrogen) atoms. The van der Waals surface area contributed by atoms with E-state index in [2.05, 4.69) is 52.0 Å². The molecule has 0 heterocycles. The van der Waals surface area contributed by atoms with E-state index >= 15 is 0 Å². The van der Waals surface area contributed by atoms with Gasteiger partial charge in [0.25, 0.3) is 0 Å². The highest BCUT2D eigenvalue weighted by Gasteiger charge is 2.37. The normalized spacial score (nSPS) is 19.2. The fourth-order valence-electron chi connectivity index (χ4n) is 8.11. The molecule has 2 saturated carbocycles. The minimum atomic E-state index is -0.145. The second kappa shape index (κ2) is 14.6. The van der Waals surface area contributed by atoms with Crippen molar-refractivity contribution < 1.29 is 20.4 Å². The molecule has 2 aromatic rings. The Morgan fingerprint density at radius 2 is 1.02 bits per heavy atom. The molecular weight excluding hydrogens is 520 g/mol. The molecule has 1 unspecified atom stereocenters. The molecule has 2 aromatic carbocycles. The van der Waals surface area contributed by atoms with Crippen LogP contribution in [0.25, 0.3) is 0 Å². The van der Waals surface area contributed by atoms with E-state index in [4.69, 9.17) is 0 Å². The predicted molar refractivity (Wildman–Crippen MR) is 174 cm³/mol. The molecule has 0 radical (unpaired) electrons. The van der Waals surface area contributed by atoms with Gasteiger partial charge in [0.1, 0.15) is 11.5 Å². The predicted octanol–water partition coefficient (Wildman–Crippen LogP) is 8.96. The van der Waals surface area contributed by atoms with E-state index < -0.39 is 0 Å². The number of hydrogen-bond acceptors (Lipinski definition) is 4. The van der Waals surface area contributed by atoms with Crippen LogP contribution in [-0.4, -0.2) is 33.6 Å². The molecule has 0 amide bonds. The Morgan fingerprint density at radius 3 is 1.43 bits per heavy atom. The summed E-state index contributed by atoms with van der Waals surface area (Å²) in [6.07, 6.45) is 16.8. The number of benzene rings is 2. The molecule has 0 bridgehead atoms. The van der Waals surface area contributed by atoms with E-state index in [1.54, 1.807) is 0 Å². The van der Waals surface area contributed by atoms with E-state index in [1.165, 1.54) is 49.7 Å². The van der Waals surface area contributed by atoms with Gasteiger partial charge in [0, 0.05) is 41.4 Å². The Labute approximate surface area is 255 Å². The lowest BCUT2D eigenvalue weighted by atomic mass is 9.67. The maximum Gasteiger partial charge on any atom is 0.123 e. The van der Waals surface area contributed by atoms with Gasteiger partial charge in [-0.25, -0.2) is 0 Å². The van der Waals surface area contributed by atoms with Crippen LogP contribution in [0.1, 0.15) is 157 Å². The number of unbranched alkanes of at least 4 members (excludes halogenated alkanes) is 2. The van der Waals surface area contributed by atoms with Crippen molar-refractivity contribution in [3.8, 4) is 11.5 Å². The second-order valence-electron chi connectivity index (χ2n) is 14.5. The Bertz CT molecular complexity index is 1150. The van der Waals surface area contributed by atoms with E-state index in [-0.39, 0.29) is 35.9 Å². The van der Waals surface area contributed by atoms with Crippen LogP contribution in [0.4, 0.5) is 0 Å². The quantitative estimate of drug-likeness (QED) is 0.179. The van der Waals surface area contributed by atoms with Crippen LogP contribution in [0.5, 0.6) is 11.5 Å². The molecule has 0 aliphatic heterocycles. The van der Waals surface area contributed by atoms with Crippen LogP contribution in [0.2, 0.25) is 0 Å². The topological polar surface area (TPSA) is 80.9 Å². The molecule has 4 nitrogen and oxygen atoms in total. The SMILES string of the molecule is CC(C)C(c1cc(CCCO)cc(C2(C)CCCCC2)c1O)c1cc(CCCCCO)cc(C2(C)CCCCC2)c1O. The first-order chi connectivity index (χ1) is 20.1. The Hall–Kier alpha value is -2.04. The zero-order valence-corrected chi connectivity index (χ0v) is 27.0. The highest BCUT2D eigenvalue weighted by molar-refractivity contribution is 5.57. The van der Waals surface area contributed by atoms with Crippen molar-refractivity contribution in [1.82, 2.24) is 0 Å². The second-order valence-corrected chi connectivity index (χ2v) is 14.5. The number of hydrogen-bond donors (Lipinski definition) is 4. The first-order valence-electron chi connectivity index (χ1n) is 17.1. The highest BCUT2D eigenvalue weighted by Crippen LogP contribution is 2.51. The van der Waals surface area contributed by atoms with Gasteiger partial charge in [-0.15, -0.1) is 0 Å². The zero-order valence-electron chi connectivity index (χ0n) is 27.0. The number of phenols is 2. The molecule has 2 fully saturated rings. The summed E-state index contributed by atoms with van der Waals surface area (Å²) in [5.41, 5.74) is 6.31. The smallest absolute Gasteiger partial charge is 0.123 e. The minimum absolute atomic E-state index is 0.0501. The molecule has 4 heteroatoms. The molecule has 2 aliphatic rings. The molecule has 2 aliphatic carbocycles. The van der Waals surface area contributed by atoms with E-state index in [0.717, 1.165) is 80.0 Å². The summed E-state index contributed by atoms with van der Waals surface area (Å²) in [5, 5.41) is 43.2. The number of aryl methyl sites for hydroxylation is 2. The van der Waals surface area contributed by atoms with Crippen LogP contribution in [0, 0.1) is 5.92 Å². The average molecular weight is 579 g/mol. The van der Waals surface area contributed by atoms with Crippen molar-refractivity contribution in [3.05, 3.63) is 57.6 Å². The lowest BCUT2D eigenvalue weighted by Gasteiger charge is -2.38. The van der Waals surface area contributed by atoms with Gasteiger partial charge in [0.2, 0.25) is 0 Å². The molecule has 234 valence electrons. The monoisotopic (exact) mass is 578 g/mol. The average Bonchev–Trinajstić information content (AvgIpc) is 2.97. The summed E-state index contributed by atoms with van der Waals surface area (Å²) in [6, 6.07) is 8.87. The third-order valence-electron chi connectivity index (χ3n) is 10.7. The van der Waals surface area contributed by atoms with Crippen LogP contribution in [0.15, 0.2) is 24.3 Å². The maximum atomic E-state index is 12.1. The number of aromatic hydroxyl groups is 2. The fraction of sp³-hybridized carbons (Fsp3) is 0.684. The zero-order chi connectivity index (χ0) is 30.3. The van der Waals surface area contributed by atoms with E-state index in [9.17, 15) is 20.4 Å².